The summed E-state index contributed by atoms with van der Waals surface area (Å²) in [6, 6.07) is 2.01. The maximum Gasteiger partial charge on any atom is 0.160 e. The molecule has 110 valence electrons. The molecule has 2 rings (SSSR count). The first-order chi connectivity index (χ1) is 9.34. The van der Waals surface area contributed by atoms with E-state index in [9.17, 15) is 0 Å². The molecule has 0 amide bonds. The molecule has 2 heterocycles. The third kappa shape index (κ3) is 2.98. The monoisotopic (exact) mass is 293 g/mol. The van der Waals surface area contributed by atoms with Crippen molar-refractivity contribution in [3.05, 3.63) is 23.7 Å². The molecule has 0 bridgehead atoms. The molecular formula is C16H24ClN3. The lowest BCUT2D eigenvalue weighted by atomic mass is 9.82. The predicted octanol–water partition coefficient (Wildman–Crippen LogP) is 4.20. The molecule has 0 aliphatic rings. The van der Waals surface area contributed by atoms with Gasteiger partial charge in [-0.2, -0.15) is 0 Å². The van der Waals surface area contributed by atoms with Crippen LogP contribution in [0.4, 0.5) is 0 Å². The van der Waals surface area contributed by atoms with E-state index >= 15 is 0 Å². The molecule has 0 spiro atoms. The molecule has 20 heavy (non-hydrogen) atoms. The van der Waals surface area contributed by atoms with Gasteiger partial charge in [-0.25, -0.2) is 9.97 Å². The molecule has 0 saturated carbocycles. The van der Waals surface area contributed by atoms with E-state index in [1.165, 1.54) is 5.56 Å². The fourth-order valence-electron chi connectivity index (χ4n) is 2.20. The predicted molar refractivity (Wildman–Crippen MR) is 85.3 cm³/mol. The van der Waals surface area contributed by atoms with E-state index in [1.807, 2.05) is 12.3 Å². The van der Waals surface area contributed by atoms with Gasteiger partial charge in [0, 0.05) is 25.0 Å². The first-order valence-electron chi connectivity index (χ1n) is 7.21. The maximum atomic E-state index is 5.93. The lowest BCUT2D eigenvalue weighted by Gasteiger charge is -2.28. The van der Waals surface area contributed by atoms with Crippen LogP contribution in [-0.2, 0) is 13.0 Å². The molecule has 1 atom stereocenters. The molecule has 0 radical (unpaired) electrons. The van der Waals surface area contributed by atoms with E-state index in [1.54, 1.807) is 0 Å². The average Bonchev–Trinajstić information content (AvgIpc) is 2.69. The number of fused-ring (bicyclic) bond motifs is 1. The SMILES string of the molecule is Cc1ccnc2c1nc(CCCl)n2CC(C)C(C)(C)C. The van der Waals surface area contributed by atoms with Crippen LogP contribution in [0, 0.1) is 18.3 Å². The molecule has 0 aliphatic carbocycles. The van der Waals surface area contributed by atoms with Crippen molar-refractivity contribution in [2.45, 2.75) is 47.6 Å². The number of nitrogens with zero attached hydrogens (tertiary/aromatic N) is 3. The Kier molecular flexibility index (Phi) is 4.38. The van der Waals surface area contributed by atoms with Crippen LogP contribution in [-0.4, -0.2) is 20.4 Å². The fraction of sp³-hybridized carbons (Fsp3) is 0.625. The first kappa shape index (κ1) is 15.3. The van der Waals surface area contributed by atoms with Gasteiger partial charge in [0.15, 0.2) is 5.65 Å². The van der Waals surface area contributed by atoms with Crippen molar-refractivity contribution < 1.29 is 0 Å². The zero-order valence-corrected chi connectivity index (χ0v) is 13.8. The second kappa shape index (κ2) is 5.72. The van der Waals surface area contributed by atoms with Gasteiger partial charge in [-0.3, -0.25) is 0 Å². The van der Waals surface area contributed by atoms with Gasteiger partial charge in [0.05, 0.1) is 0 Å². The lowest BCUT2D eigenvalue weighted by Crippen LogP contribution is -2.23. The van der Waals surface area contributed by atoms with Gasteiger partial charge in [0.25, 0.3) is 0 Å². The lowest BCUT2D eigenvalue weighted by molar-refractivity contribution is 0.233. The van der Waals surface area contributed by atoms with Crippen LogP contribution in [0.15, 0.2) is 12.3 Å². The Morgan fingerprint density at radius 2 is 2.05 bits per heavy atom. The van der Waals surface area contributed by atoms with Gasteiger partial charge in [-0.1, -0.05) is 27.7 Å². The minimum Gasteiger partial charge on any atom is -0.312 e. The number of aromatic nitrogens is 3. The highest BCUT2D eigenvalue weighted by molar-refractivity contribution is 6.17. The Labute approximate surface area is 126 Å². The standard InChI is InChI=1S/C16H24ClN3/c1-11-7-9-18-15-14(11)19-13(6-8-17)20(15)10-12(2)16(3,4)5/h7,9,12H,6,8,10H2,1-5H3. The Morgan fingerprint density at radius 3 is 2.65 bits per heavy atom. The largest absolute Gasteiger partial charge is 0.312 e. The third-order valence-corrected chi connectivity index (χ3v) is 4.36. The van der Waals surface area contributed by atoms with Crippen molar-refractivity contribution in [2.75, 3.05) is 5.88 Å². The van der Waals surface area contributed by atoms with Crippen molar-refractivity contribution in [1.29, 1.82) is 0 Å². The van der Waals surface area contributed by atoms with Crippen LogP contribution in [0.1, 0.15) is 39.1 Å². The highest BCUT2D eigenvalue weighted by atomic mass is 35.5. The summed E-state index contributed by atoms with van der Waals surface area (Å²) < 4.78 is 2.25. The number of hydrogen-bond donors (Lipinski definition) is 0. The molecule has 1 unspecified atom stereocenters. The van der Waals surface area contributed by atoms with E-state index in [4.69, 9.17) is 16.6 Å². The quantitative estimate of drug-likeness (QED) is 0.791. The van der Waals surface area contributed by atoms with Gasteiger partial charge >= 0.3 is 0 Å². The number of rotatable bonds is 4. The van der Waals surface area contributed by atoms with Gasteiger partial charge in [0.2, 0.25) is 0 Å². The maximum absolute atomic E-state index is 5.93. The molecule has 0 aromatic carbocycles. The average molecular weight is 294 g/mol. The first-order valence-corrected chi connectivity index (χ1v) is 7.74. The molecule has 0 saturated heterocycles. The second-order valence-corrected chi connectivity index (χ2v) is 7.02. The van der Waals surface area contributed by atoms with Crippen LogP contribution >= 0.6 is 11.6 Å². The Balaban J connectivity index is 2.49. The van der Waals surface area contributed by atoms with Crippen molar-refractivity contribution >= 4 is 22.8 Å². The Bertz CT molecular complexity index is 596. The van der Waals surface area contributed by atoms with Crippen LogP contribution < -0.4 is 0 Å². The third-order valence-electron chi connectivity index (χ3n) is 4.17. The van der Waals surface area contributed by atoms with E-state index < -0.39 is 0 Å². The summed E-state index contributed by atoms with van der Waals surface area (Å²) in [6.07, 6.45) is 2.65. The number of aryl methyl sites for hydroxylation is 2. The molecular weight excluding hydrogens is 270 g/mol. The summed E-state index contributed by atoms with van der Waals surface area (Å²) in [5.41, 5.74) is 3.43. The normalized spacial score (nSPS) is 13.9. The van der Waals surface area contributed by atoms with Crippen molar-refractivity contribution in [1.82, 2.24) is 14.5 Å². The summed E-state index contributed by atoms with van der Waals surface area (Å²) in [4.78, 5) is 9.29. The van der Waals surface area contributed by atoms with E-state index in [0.717, 1.165) is 30.0 Å². The number of imidazole rings is 1. The Hall–Kier alpha value is -1.09. The molecule has 0 N–H and O–H groups in total. The van der Waals surface area contributed by atoms with Crippen molar-refractivity contribution in [3.63, 3.8) is 0 Å². The highest BCUT2D eigenvalue weighted by Crippen LogP contribution is 2.29. The number of alkyl halides is 1. The highest BCUT2D eigenvalue weighted by Gasteiger charge is 2.23. The summed E-state index contributed by atoms with van der Waals surface area (Å²) in [5, 5.41) is 0. The van der Waals surface area contributed by atoms with Gasteiger partial charge in [-0.05, 0) is 29.9 Å². The molecule has 2 aromatic rings. The molecule has 0 aliphatic heterocycles. The van der Waals surface area contributed by atoms with E-state index in [-0.39, 0.29) is 5.41 Å². The van der Waals surface area contributed by atoms with Crippen molar-refractivity contribution in [2.24, 2.45) is 11.3 Å². The molecule has 0 fully saturated rings. The van der Waals surface area contributed by atoms with Gasteiger partial charge in [0.1, 0.15) is 11.3 Å². The van der Waals surface area contributed by atoms with Gasteiger partial charge in [-0.15, -0.1) is 11.6 Å². The number of hydrogen-bond acceptors (Lipinski definition) is 2. The topological polar surface area (TPSA) is 30.7 Å². The van der Waals surface area contributed by atoms with Crippen LogP contribution in [0.3, 0.4) is 0 Å². The molecule has 2 aromatic heterocycles. The van der Waals surface area contributed by atoms with Crippen LogP contribution in [0.2, 0.25) is 0 Å². The summed E-state index contributed by atoms with van der Waals surface area (Å²) in [7, 11) is 0. The van der Waals surface area contributed by atoms with Crippen LogP contribution in [0.25, 0.3) is 11.2 Å². The smallest absolute Gasteiger partial charge is 0.160 e. The second-order valence-electron chi connectivity index (χ2n) is 6.64. The number of pyridine rings is 1. The number of halogens is 1. The minimum atomic E-state index is 0.263. The van der Waals surface area contributed by atoms with Crippen molar-refractivity contribution in [3.8, 4) is 0 Å². The van der Waals surface area contributed by atoms with Gasteiger partial charge < -0.3 is 4.57 Å². The minimum absolute atomic E-state index is 0.263. The summed E-state index contributed by atoms with van der Waals surface area (Å²) in [5.74, 6) is 2.18. The Morgan fingerprint density at radius 1 is 1.35 bits per heavy atom. The molecule has 4 heteroatoms. The zero-order chi connectivity index (χ0) is 14.9. The van der Waals surface area contributed by atoms with E-state index in [0.29, 0.717) is 11.8 Å². The summed E-state index contributed by atoms with van der Waals surface area (Å²) in [6.45, 7) is 12.1. The molecule has 3 nitrogen and oxygen atoms in total. The van der Waals surface area contributed by atoms with Crippen LogP contribution in [0.5, 0.6) is 0 Å². The fourth-order valence-corrected chi connectivity index (χ4v) is 2.37. The summed E-state index contributed by atoms with van der Waals surface area (Å²) >= 11 is 5.93. The zero-order valence-electron chi connectivity index (χ0n) is 13.1. The van der Waals surface area contributed by atoms with E-state index in [2.05, 4.69) is 44.2 Å².